The fraction of sp³-hybridized carbons (Fsp3) is 0.267. The summed E-state index contributed by atoms with van der Waals surface area (Å²) >= 11 is 0. The predicted molar refractivity (Wildman–Crippen MR) is 80.1 cm³/mol. The van der Waals surface area contributed by atoms with Gasteiger partial charge in [0.2, 0.25) is 10.0 Å². The van der Waals surface area contributed by atoms with Crippen LogP contribution >= 0.6 is 0 Å². The van der Waals surface area contributed by atoms with Crippen molar-refractivity contribution >= 4 is 10.0 Å². The lowest BCUT2D eigenvalue weighted by atomic mass is 10.1. The molecule has 21 heavy (non-hydrogen) atoms. The van der Waals surface area contributed by atoms with Crippen LogP contribution in [0.3, 0.4) is 0 Å². The molecule has 0 fully saturated rings. The number of nitrogens with zero attached hydrogens (tertiary/aromatic N) is 1. The largest absolute Gasteiger partial charge is 0.392 e. The molecule has 5 nitrogen and oxygen atoms in total. The Morgan fingerprint density at radius 3 is 2.62 bits per heavy atom. The van der Waals surface area contributed by atoms with Crippen molar-refractivity contribution in [3.05, 3.63) is 58.9 Å². The molecule has 0 aliphatic carbocycles. The van der Waals surface area contributed by atoms with Crippen LogP contribution in [0.15, 0.2) is 41.4 Å². The smallest absolute Gasteiger partial charge is 0.241 e. The Kier molecular flexibility index (Phi) is 4.72. The normalized spacial score (nSPS) is 11.6. The summed E-state index contributed by atoms with van der Waals surface area (Å²) in [7, 11) is -3.65. The second-order valence-corrected chi connectivity index (χ2v) is 6.57. The third-order valence-electron chi connectivity index (χ3n) is 3.32. The van der Waals surface area contributed by atoms with Gasteiger partial charge in [0.1, 0.15) is 0 Å². The molecule has 0 spiro atoms. The number of pyridine rings is 1. The van der Waals surface area contributed by atoms with Gasteiger partial charge < -0.3 is 5.11 Å². The monoisotopic (exact) mass is 306 g/mol. The minimum absolute atomic E-state index is 0.130. The van der Waals surface area contributed by atoms with E-state index in [1.54, 1.807) is 37.4 Å². The molecular weight excluding hydrogens is 288 g/mol. The molecule has 0 saturated heterocycles. The maximum Gasteiger partial charge on any atom is 0.241 e. The number of aliphatic hydroxyl groups excluding tert-OH is 1. The number of sulfonamides is 1. The first kappa shape index (κ1) is 15.6. The number of hydrogen-bond acceptors (Lipinski definition) is 4. The standard InChI is InChI=1S/C15H18N2O3S/c1-11-7-13(10-18)8-15(12(11)2)21(19,20)17-9-14-5-3-4-6-16-14/h3-8,17-18H,9-10H2,1-2H3. The van der Waals surface area contributed by atoms with Crippen LogP contribution < -0.4 is 4.72 Å². The van der Waals surface area contributed by atoms with Gasteiger partial charge in [-0.05, 0) is 48.7 Å². The van der Waals surface area contributed by atoms with E-state index in [1.165, 1.54) is 6.07 Å². The highest BCUT2D eigenvalue weighted by Gasteiger charge is 2.18. The lowest BCUT2D eigenvalue weighted by Gasteiger charge is -2.12. The third kappa shape index (κ3) is 3.66. The average Bonchev–Trinajstić information content (AvgIpc) is 2.48. The van der Waals surface area contributed by atoms with Crippen molar-refractivity contribution in [3.8, 4) is 0 Å². The van der Waals surface area contributed by atoms with E-state index in [9.17, 15) is 13.5 Å². The van der Waals surface area contributed by atoms with E-state index in [-0.39, 0.29) is 18.0 Å². The second kappa shape index (κ2) is 6.34. The Hall–Kier alpha value is -1.76. The first-order valence-corrected chi connectivity index (χ1v) is 8.03. The zero-order valence-corrected chi connectivity index (χ0v) is 12.8. The minimum atomic E-state index is -3.65. The molecule has 0 atom stereocenters. The van der Waals surface area contributed by atoms with Gasteiger partial charge in [-0.15, -0.1) is 0 Å². The molecule has 112 valence electrons. The van der Waals surface area contributed by atoms with Crippen LogP contribution in [-0.4, -0.2) is 18.5 Å². The Bertz CT molecular complexity index is 728. The van der Waals surface area contributed by atoms with Gasteiger partial charge in [0.05, 0.1) is 23.7 Å². The highest BCUT2D eigenvalue weighted by Crippen LogP contribution is 2.21. The van der Waals surface area contributed by atoms with E-state index in [0.717, 1.165) is 5.56 Å². The number of hydrogen-bond donors (Lipinski definition) is 2. The van der Waals surface area contributed by atoms with Crippen LogP contribution in [-0.2, 0) is 23.2 Å². The third-order valence-corrected chi connectivity index (χ3v) is 4.85. The molecule has 1 aromatic heterocycles. The van der Waals surface area contributed by atoms with Gasteiger partial charge in [-0.2, -0.15) is 0 Å². The van der Waals surface area contributed by atoms with Crippen LogP contribution in [0.1, 0.15) is 22.4 Å². The van der Waals surface area contributed by atoms with Gasteiger partial charge in [-0.3, -0.25) is 4.98 Å². The average molecular weight is 306 g/mol. The van der Waals surface area contributed by atoms with Crippen LogP contribution in [0.2, 0.25) is 0 Å². The van der Waals surface area contributed by atoms with Gasteiger partial charge in [0, 0.05) is 6.20 Å². The van der Waals surface area contributed by atoms with Gasteiger partial charge >= 0.3 is 0 Å². The highest BCUT2D eigenvalue weighted by molar-refractivity contribution is 7.89. The van der Waals surface area contributed by atoms with E-state index in [0.29, 0.717) is 16.8 Å². The lowest BCUT2D eigenvalue weighted by Crippen LogP contribution is -2.24. The van der Waals surface area contributed by atoms with Crippen molar-refractivity contribution in [1.82, 2.24) is 9.71 Å². The van der Waals surface area contributed by atoms with Crippen LogP contribution in [0, 0.1) is 13.8 Å². The molecular formula is C15H18N2O3S. The summed E-state index contributed by atoms with van der Waals surface area (Å²) in [5.41, 5.74) is 2.74. The molecule has 0 bridgehead atoms. The molecule has 0 saturated carbocycles. The van der Waals surface area contributed by atoms with E-state index in [4.69, 9.17) is 0 Å². The van der Waals surface area contributed by atoms with Crippen molar-refractivity contribution < 1.29 is 13.5 Å². The summed E-state index contributed by atoms with van der Waals surface area (Å²) in [6.07, 6.45) is 1.62. The Balaban J connectivity index is 2.29. The molecule has 0 aliphatic heterocycles. The number of rotatable bonds is 5. The van der Waals surface area contributed by atoms with E-state index >= 15 is 0 Å². The van der Waals surface area contributed by atoms with Crippen molar-refractivity contribution in [1.29, 1.82) is 0 Å². The summed E-state index contributed by atoms with van der Waals surface area (Å²) in [5.74, 6) is 0. The number of aromatic nitrogens is 1. The van der Waals surface area contributed by atoms with Crippen molar-refractivity contribution in [2.45, 2.75) is 31.9 Å². The van der Waals surface area contributed by atoms with Gasteiger partial charge in [0.15, 0.2) is 0 Å². The highest BCUT2D eigenvalue weighted by atomic mass is 32.2. The second-order valence-electron chi connectivity index (χ2n) is 4.84. The van der Waals surface area contributed by atoms with Crippen LogP contribution in [0.5, 0.6) is 0 Å². The van der Waals surface area contributed by atoms with Gasteiger partial charge in [0.25, 0.3) is 0 Å². The number of nitrogens with one attached hydrogen (secondary N) is 1. The molecule has 0 amide bonds. The van der Waals surface area contributed by atoms with E-state index in [1.807, 2.05) is 6.92 Å². The summed E-state index contributed by atoms with van der Waals surface area (Å²) in [5, 5.41) is 9.23. The summed E-state index contributed by atoms with van der Waals surface area (Å²) in [6, 6.07) is 8.62. The van der Waals surface area contributed by atoms with Crippen molar-refractivity contribution in [2.75, 3.05) is 0 Å². The first-order chi connectivity index (χ1) is 9.94. The SMILES string of the molecule is Cc1cc(CO)cc(S(=O)(=O)NCc2ccccn2)c1C. The summed E-state index contributed by atoms with van der Waals surface area (Å²) in [6.45, 7) is 3.52. The lowest BCUT2D eigenvalue weighted by molar-refractivity contribution is 0.281. The molecule has 1 heterocycles. The Morgan fingerprint density at radius 2 is 2.00 bits per heavy atom. The molecule has 2 aromatic rings. The molecule has 0 aliphatic rings. The van der Waals surface area contributed by atoms with Crippen LogP contribution in [0.25, 0.3) is 0 Å². The zero-order chi connectivity index (χ0) is 15.5. The van der Waals surface area contributed by atoms with Crippen molar-refractivity contribution in [3.63, 3.8) is 0 Å². The van der Waals surface area contributed by atoms with Crippen molar-refractivity contribution in [2.24, 2.45) is 0 Å². The predicted octanol–water partition coefficient (Wildman–Crippen LogP) is 1.67. The van der Waals surface area contributed by atoms with Gasteiger partial charge in [-0.1, -0.05) is 12.1 Å². The summed E-state index contributed by atoms with van der Waals surface area (Å²) < 4.78 is 27.4. The Morgan fingerprint density at radius 1 is 1.24 bits per heavy atom. The van der Waals surface area contributed by atoms with E-state index in [2.05, 4.69) is 9.71 Å². The van der Waals surface area contributed by atoms with Gasteiger partial charge in [-0.25, -0.2) is 13.1 Å². The molecule has 2 rings (SSSR count). The zero-order valence-electron chi connectivity index (χ0n) is 12.0. The molecule has 6 heteroatoms. The maximum atomic E-state index is 12.4. The number of aryl methyl sites for hydroxylation is 1. The molecule has 0 radical (unpaired) electrons. The molecule has 1 aromatic carbocycles. The first-order valence-electron chi connectivity index (χ1n) is 6.54. The number of aliphatic hydroxyl groups is 1. The van der Waals surface area contributed by atoms with Crippen LogP contribution in [0.4, 0.5) is 0 Å². The quantitative estimate of drug-likeness (QED) is 0.880. The fourth-order valence-electron chi connectivity index (χ4n) is 2.02. The molecule has 2 N–H and O–H groups in total. The van der Waals surface area contributed by atoms with E-state index < -0.39 is 10.0 Å². The summed E-state index contributed by atoms with van der Waals surface area (Å²) in [4.78, 5) is 4.28. The number of benzene rings is 1. The maximum absolute atomic E-state index is 12.4. The topological polar surface area (TPSA) is 79.3 Å². The Labute approximate surface area is 124 Å². The molecule has 0 unspecified atom stereocenters. The minimum Gasteiger partial charge on any atom is -0.392 e. The fourth-order valence-corrected chi connectivity index (χ4v) is 3.38.